The first-order chi connectivity index (χ1) is 8.96. The molecule has 1 aliphatic rings. The van der Waals surface area contributed by atoms with Gasteiger partial charge < -0.3 is 19.1 Å². The highest BCUT2D eigenvalue weighted by atomic mass is 35.5. The van der Waals surface area contributed by atoms with Gasteiger partial charge in [-0.25, -0.2) is 0 Å². The van der Waals surface area contributed by atoms with Crippen molar-refractivity contribution in [3.05, 3.63) is 6.07 Å². The highest BCUT2D eigenvalue weighted by molar-refractivity contribution is 5.85. The van der Waals surface area contributed by atoms with Crippen molar-refractivity contribution in [2.24, 2.45) is 0 Å². The summed E-state index contributed by atoms with van der Waals surface area (Å²) in [6.07, 6.45) is 0. The lowest BCUT2D eigenvalue weighted by molar-refractivity contribution is -0.0789. The molecular formula is C12H23ClN4O3. The highest BCUT2D eigenvalue weighted by Gasteiger charge is 2.24. The van der Waals surface area contributed by atoms with Gasteiger partial charge in [0, 0.05) is 13.1 Å². The Morgan fingerprint density at radius 3 is 2.10 bits per heavy atom. The van der Waals surface area contributed by atoms with Gasteiger partial charge in [0.15, 0.2) is 0 Å². The summed E-state index contributed by atoms with van der Waals surface area (Å²) < 4.78 is 15.0. The lowest BCUT2D eigenvalue weighted by atomic mass is 10.1. The molecule has 1 aromatic rings. The van der Waals surface area contributed by atoms with Crippen LogP contribution in [0.4, 0.5) is 0 Å². The minimum atomic E-state index is 0. The monoisotopic (exact) mass is 306 g/mol. The number of ether oxygens (including phenoxy) is 3. The molecule has 0 unspecified atom stereocenters. The van der Waals surface area contributed by atoms with Gasteiger partial charge in [0.2, 0.25) is 11.8 Å². The van der Waals surface area contributed by atoms with Crippen LogP contribution in [0.25, 0.3) is 0 Å². The molecule has 1 fully saturated rings. The van der Waals surface area contributed by atoms with Crippen molar-refractivity contribution in [2.45, 2.75) is 19.4 Å². The molecule has 20 heavy (non-hydrogen) atoms. The van der Waals surface area contributed by atoms with E-state index in [9.17, 15) is 0 Å². The molecule has 8 heteroatoms. The van der Waals surface area contributed by atoms with Crippen LogP contribution in [0.3, 0.4) is 0 Å². The zero-order chi connectivity index (χ0) is 14.3. The molecule has 0 aliphatic carbocycles. The van der Waals surface area contributed by atoms with Gasteiger partial charge in [0.25, 0.3) is 0 Å². The summed E-state index contributed by atoms with van der Waals surface area (Å²) >= 11 is 0. The van der Waals surface area contributed by atoms with Crippen LogP contribution in [-0.2, 0) is 4.74 Å². The van der Waals surface area contributed by atoms with E-state index in [-0.39, 0.29) is 18.0 Å². The maximum absolute atomic E-state index is 5.49. The number of halogens is 1. The molecule has 2 heterocycles. The zero-order valence-corrected chi connectivity index (χ0v) is 13.4. The molecule has 0 N–H and O–H groups in total. The van der Waals surface area contributed by atoms with Gasteiger partial charge in [-0.1, -0.05) is 10.2 Å². The largest absolute Gasteiger partial charge is 0.480 e. The second-order valence-corrected chi connectivity index (χ2v) is 4.86. The first kappa shape index (κ1) is 18.8. The molecule has 7 nitrogen and oxygen atoms in total. The SMILES string of the molecule is CN1CCOC(C)(C)C1.COc1cc(OC)nnn1.Cl. The molecule has 1 aliphatic heterocycles. The Hall–Kier alpha value is -1.18. The standard InChI is InChI=1S/C7H15NO.C5H7N3O2.ClH/c1-7(2)6-8(3)4-5-9-7;1-9-4-3-5(10-2)7-8-6-4;/h4-6H2,1-3H3;3H,1-2H3;1H. The molecule has 1 aromatic heterocycles. The van der Waals surface area contributed by atoms with Crippen LogP contribution in [-0.4, -0.2) is 66.9 Å². The van der Waals surface area contributed by atoms with Gasteiger partial charge in [-0.2, -0.15) is 0 Å². The van der Waals surface area contributed by atoms with E-state index in [0.29, 0.717) is 11.8 Å². The third kappa shape index (κ3) is 6.83. The van der Waals surface area contributed by atoms with E-state index in [2.05, 4.69) is 41.2 Å². The lowest BCUT2D eigenvalue weighted by Gasteiger charge is -2.35. The first-order valence-electron chi connectivity index (χ1n) is 6.08. The lowest BCUT2D eigenvalue weighted by Crippen LogP contribution is -2.46. The molecular weight excluding hydrogens is 284 g/mol. The maximum atomic E-state index is 5.49. The average Bonchev–Trinajstić information content (AvgIpc) is 2.38. The number of likely N-dealkylation sites (N-methyl/N-ethyl adjacent to an activating group) is 1. The van der Waals surface area contributed by atoms with E-state index in [1.54, 1.807) is 6.07 Å². The molecule has 0 aromatic carbocycles. The number of aromatic nitrogens is 3. The van der Waals surface area contributed by atoms with Gasteiger partial charge >= 0.3 is 0 Å². The number of nitrogens with zero attached hydrogens (tertiary/aromatic N) is 4. The predicted molar refractivity (Wildman–Crippen MR) is 77.7 cm³/mol. The fourth-order valence-corrected chi connectivity index (χ4v) is 1.73. The van der Waals surface area contributed by atoms with E-state index in [4.69, 9.17) is 14.2 Å². The van der Waals surface area contributed by atoms with Crippen LogP contribution in [0, 0.1) is 0 Å². The van der Waals surface area contributed by atoms with Crippen LogP contribution in [0.5, 0.6) is 11.8 Å². The third-order valence-electron chi connectivity index (χ3n) is 2.57. The summed E-state index contributed by atoms with van der Waals surface area (Å²) in [4.78, 5) is 2.30. The van der Waals surface area contributed by atoms with E-state index in [0.717, 1.165) is 19.7 Å². The van der Waals surface area contributed by atoms with E-state index in [1.807, 2.05) is 0 Å². The van der Waals surface area contributed by atoms with Gasteiger partial charge in [-0.15, -0.1) is 12.4 Å². The first-order valence-corrected chi connectivity index (χ1v) is 6.08. The van der Waals surface area contributed by atoms with E-state index >= 15 is 0 Å². The van der Waals surface area contributed by atoms with Gasteiger partial charge in [-0.3, -0.25) is 0 Å². The molecule has 0 amide bonds. The number of methoxy groups -OCH3 is 2. The summed E-state index contributed by atoms with van der Waals surface area (Å²) in [5.41, 5.74) is 0.0764. The Balaban J connectivity index is 0.000000345. The van der Waals surface area contributed by atoms with E-state index < -0.39 is 0 Å². The quantitative estimate of drug-likeness (QED) is 0.808. The fourth-order valence-electron chi connectivity index (χ4n) is 1.73. The number of morpholine rings is 1. The number of rotatable bonds is 2. The molecule has 2 rings (SSSR count). The topological polar surface area (TPSA) is 69.6 Å². The van der Waals surface area contributed by atoms with E-state index in [1.165, 1.54) is 14.2 Å². The molecule has 0 atom stereocenters. The van der Waals surface area contributed by atoms with Gasteiger partial charge in [0.05, 0.1) is 32.5 Å². The van der Waals surface area contributed by atoms with Crippen molar-refractivity contribution in [2.75, 3.05) is 41.0 Å². The Bertz CT molecular complexity index is 373. The summed E-state index contributed by atoms with van der Waals surface area (Å²) in [6, 6.07) is 1.55. The average molecular weight is 307 g/mol. The smallest absolute Gasteiger partial charge is 0.240 e. The van der Waals surface area contributed by atoms with Crippen molar-refractivity contribution in [1.29, 1.82) is 0 Å². The Labute approximate surface area is 126 Å². The summed E-state index contributed by atoms with van der Waals surface area (Å²) in [6.45, 7) is 7.26. The van der Waals surface area contributed by atoms with Crippen LogP contribution in [0.15, 0.2) is 6.07 Å². The van der Waals surface area contributed by atoms with Crippen molar-refractivity contribution >= 4 is 12.4 Å². The second-order valence-electron chi connectivity index (χ2n) is 4.86. The Morgan fingerprint density at radius 1 is 1.20 bits per heavy atom. The minimum Gasteiger partial charge on any atom is -0.480 e. The number of hydrogen-bond acceptors (Lipinski definition) is 7. The normalized spacial score (nSPS) is 17.2. The van der Waals surface area contributed by atoms with Crippen LogP contribution in [0.1, 0.15) is 13.8 Å². The Morgan fingerprint density at radius 2 is 1.75 bits per heavy atom. The Kier molecular flexibility index (Phi) is 8.36. The summed E-state index contributed by atoms with van der Waals surface area (Å²) in [5, 5.41) is 10.5. The van der Waals surface area contributed by atoms with Crippen molar-refractivity contribution < 1.29 is 14.2 Å². The number of hydrogen-bond donors (Lipinski definition) is 0. The van der Waals surface area contributed by atoms with Crippen LogP contribution < -0.4 is 9.47 Å². The van der Waals surface area contributed by atoms with Crippen molar-refractivity contribution in [1.82, 2.24) is 20.3 Å². The van der Waals surface area contributed by atoms with Gasteiger partial charge in [0.1, 0.15) is 0 Å². The van der Waals surface area contributed by atoms with Crippen LogP contribution in [0.2, 0.25) is 0 Å². The van der Waals surface area contributed by atoms with Crippen molar-refractivity contribution in [3.8, 4) is 11.8 Å². The molecule has 0 bridgehead atoms. The highest BCUT2D eigenvalue weighted by Crippen LogP contribution is 2.14. The molecule has 0 radical (unpaired) electrons. The van der Waals surface area contributed by atoms with Crippen LogP contribution >= 0.6 is 12.4 Å². The maximum Gasteiger partial charge on any atom is 0.240 e. The molecule has 116 valence electrons. The fraction of sp³-hybridized carbons (Fsp3) is 0.750. The van der Waals surface area contributed by atoms with Gasteiger partial charge in [-0.05, 0) is 26.1 Å². The second kappa shape index (κ2) is 8.89. The minimum absolute atomic E-state index is 0. The molecule has 0 saturated carbocycles. The summed E-state index contributed by atoms with van der Waals surface area (Å²) in [7, 11) is 5.14. The predicted octanol–water partition coefficient (Wildman–Crippen LogP) is 1.04. The molecule has 1 saturated heterocycles. The zero-order valence-electron chi connectivity index (χ0n) is 12.6. The van der Waals surface area contributed by atoms with Crippen molar-refractivity contribution in [3.63, 3.8) is 0 Å². The summed E-state index contributed by atoms with van der Waals surface area (Å²) in [5.74, 6) is 0.790. The third-order valence-corrected chi connectivity index (χ3v) is 2.57. The molecule has 0 spiro atoms.